The van der Waals surface area contributed by atoms with Crippen LogP contribution in [0.25, 0.3) is 6.08 Å². The Morgan fingerprint density at radius 2 is 2.00 bits per heavy atom. The fourth-order valence-electron chi connectivity index (χ4n) is 2.08. The molecule has 0 spiro atoms. The SMILES string of the molecule is CC/C=C/c1cc(OC)c(CC=C(C)C)c(O)c1C(=O)OC. The van der Waals surface area contributed by atoms with Gasteiger partial charge in [0.1, 0.15) is 17.1 Å². The third-order valence-corrected chi connectivity index (χ3v) is 3.25. The highest BCUT2D eigenvalue weighted by molar-refractivity contribution is 5.97. The van der Waals surface area contributed by atoms with Crippen LogP contribution in [0.1, 0.15) is 48.7 Å². The molecule has 0 bridgehead atoms. The maximum Gasteiger partial charge on any atom is 0.342 e. The van der Waals surface area contributed by atoms with Crippen LogP contribution in [0, 0.1) is 0 Å². The Morgan fingerprint density at radius 3 is 2.50 bits per heavy atom. The molecular formula is C18H24O4. The van der Waals surface area contributed by atoms with Gasteiger partial charge in [-0.25, -0.2) is 4.79 Å². The predicted molar refractivity (Wildman–Crippen MR) is 88.5 cm³/mol. The lowest BCUT2D eigenvalue weighted by Crippen LogP contribution is -2.07. The first-order valence-corrected chi connectivity index (χ1v) is 7.27. The largest absolute Gasteiger partial charge is 0.507 e. The fraction of sp³-hybridized carbons (Fsp3) is 0.389. The van der Waals surface area contributed by atoms with Crippen molar-refractivity contribution in [3.8, 4) is 11.5 Å². The zero-order valence-corrected chi connectivity index (χ0v) is 13.9. The summed E-state index contributed by atoms with van der Waals surface area (Å²) in [4.78, 5) is 12.0. The number of ether oxygens (including phenoxy) is 2. The first-order valence-electron chi connectivity index (χ1n) is 7.27. The highest BCUT2D eigenvalue weighted by Gasteiger charge is 2.22. The van der Waals surface area contributed by atoms with Gasteiger partial charge in [0, 0.05) is 5.56 Å². The first kappa shape index (κ1) is 17.8. The van der Waals surface area contributed by atoms with Gasteiger partial charge >= 0.3 is 5.97 Å². The molecule has 0 aliphatic rings. The minimum atomic E-state index is -0.561. The number of phenolic OH excluding ortho intramolecular Hbond substituents is 1. The Bertz CT molecular complexity index is 594. The summed E-state index contributed by atoms with van der Waals surface area (Å²) in [6, 6.07) is 1.76. The molecular weight excluding hydrogens is 280 g/mol. The topological polar surface area (TPSA) is 55.8 Å². The molecule has 0 saturated heterocycles. The van der Waals surface area contributed by atoms with E-state index in [2.05, 4.69) is 0 Å². The summed E-state index contributed by atoms with van der Waals surface area (Å²) in [7, 11) is 2.85. The van der Waals surface area contributed by atoms with E-state index < -0.39 is 5.97 Å². The van der Waals surface area contributed by atoms with E-state index in [-0.39, 0.29) is 11.3 Å². The van der Waals surface area contributed by atoms with E-state index in [9.17, 15) is 9.90 Å². The third kappa shape index (κ3) is 4.13. The molecule has 0 unspecified atom stereocenters. The van der Waals surface area contributed by atoms with Crippen molar-refractivity contribution in [3.63, 3.8) is 0 Å². The van der Waals surface area contributed by atoms with Crippen LogP contribution >= 0.6 is 0 Å². The third-order valence-electron chi connectivity index (χ3n) is 3.25. The molecule has 0 heterocycles. The molecule has 1 aromatic rings. The molecule has 0 aliphatic heterocycles. The van der Waals surface area contributed by atoms with Crippen LogP contribution in [0.4, 0.5) is 0 Å². The lowest BCUT2D eigenvalue weighted by atomic mass is 9.97. The second-order valence-corrected chi connectivity index (χ2v) is 5.16. The molecule has 0 aromatic heterocycles. The van der Waals surface area contributed by atoms with Crippen LogP contribution in [-0.2, 0) is 11.2 Å². The van der Waals surface area contributed by atoms with Gasteiger partial charge in [0.25, 0.3) is 0 Å². The van der Waals surface area contributed by atoms with Crippen molar-refractivity contribution in [2.75, 3.05) is 14.2 Å². The quantitative estimate of drug-likeness (QED) is 0.634. The smallest absolute Gasteiger partial charge is 0.342 e. The molecule has 4 heteroatoms. The number of aromatic hydroxyl groups is 1. The molecule has 0 amide bonds. The summed E-state index contributed by atoms with van der Waals surface area (Å²) >= 11 is 0. The predicted octanol–water partition coefficient (Wildman–Crippen LogP) is 4.12. The molecule has 120 valence electrons. The lowest BCUT2D eigenvalue weighted by molar-refractivity contribution is 0.0597. The number of carbonyl (C=O) groups excluding carboxylic acids is 1. The van der Waals surface area contributed by atoms with Crippen LogP contribution in [0.3, 0.4) is 0 Å². The van der Waals surface area contributed by atoms with Gasteiger partial charge in [-0.2, -0.15) is 0 Å². The van der Waals surface area contributed by atoms with Gasteiger partial charge in [0.05, 0.1) is 14.2 Å². The summed E-state index contributed by atoms with van der Waals surface area (Å²) < 4.78 is 10.2. The maximum absolute atomic E-state index is 12.0. The van der Waals surface area contributed by atoms with E-state index >= 15 is 0 Å². The zero-order valence-electron chi connectivity index (χ0n) is 13.9. The maximum atomic E-state index is 12.0. The van der Waals surface area contributed by atoms with Gasteiger partial charge in [-0.3, -0.25) is 0 Å². The first-order chi connectivity index (χ1) is 10.5. The fourth-order valence-corrected chi connectivity index (χ4v) is 2.08. The Kier molecular flexibility index (Phi) is 6.70. The van der Waals surface area contributed by atoms with Crippen LogP contribution in [0.5, 0.6) is 11.5 Å². The molecule has 0 radical (unpaired) electrons. The number of phenols is 1. The standard InChI is InChI=1S/C18H24O4/c1-6-7-8-13-11-15(21-4)14(10-9-12(2)3)17(19)16(13)18(20)22-5/h7-9,11,19H,6,10H2,1-5H3/b8-7+. The number of rotatable bonds is 6. The Hall–Kier alpha value is -2.23. The summed E-state index contributed by atoms with van der Waals surface area (Å²) in [5.41, 5.74) is 2.46. The second-order valence-electron chi connectivity index (χ2n) is 5.16. The van der Waals surface area contributed by atoms with E-state index in [4.69, 9.17) is 9.47 Å². The Balaban J connectivity index is 3.55. The van der Waals surface area contributed by atoms with Crippen molar-refractivity contribution in [1.29, 1.82) is 0 Å². The van der Waals surface area contributed by atoms with E-state index in [0.717, 1.165) is 12.0 Å². The van der Waals surface area contributed by atoms with Gasteiger partial charge < -0.3 is 14.6 Å². The molecule has 22 heavy (non-hydrogen) atoms. The summed E-state index contributed by atoms with van der Waals surface area (Å²) in [5.74, 6) is -0.0905. The van der Waals surface area contributed by atoms with Gasteiger partial charge in [0.15, 0.2) is 0 Å². The van der Waals surface area contributed by atoms with E-state index in [1.165, 1.54) is 7.11 Å². The molecule has 1 N–H and O–H groups in total. The monoisotopic (exact) mass is 304 g/mol. The average molecular weight is 304 g/mol. The van der Waals surface area contributed by atoms with Crippen molar-refractivity contribution < 1.29 is 19.4 Å². The Morgan fingerprint density at radius 1 is 1.32 bits per heavy atom. The van der Waals surface area contributed by atoms with Crippen LogP contribution in [-0.4, -0.2) is 25.3 Å². The summed E-state index contributed by atoms with van der Waals surface area (Å²) in [6.07, 6.45) is 6.98. The normalized spacial score (nSPS) is 10.6. The number of esters is 1. The van der Waals surface area contributed by atoms with Crippen molar-refractivity contribution >= 4 is 12.0 Å². The minimum Gasteiger partial charge on any atom is -0.507 e. The van der Waals surface area contributed by atoms with Gasteiger partial charge in [-0.05, 0) is 38.3 Å². The Labute approximate surface area is 132 Å². The molecule has 1 aromatic carbocycles. The van der Waals surface area contributed by atoms with Crippen LogP contribution in [0.2, 0.25) is 0 Å². The second kappa shape index (κ2) is 8.27. The highest BCUT2D eigenvalue weighted by Crippen LogP contribution is 2.36. The molecule has 0 fully saturated rings. The van der Waals surface area contributed by atoms with E-state index in [1.807, 2.05) is 32.9 Å². The number of carbonyl (C=O) groups is 1. The average Bonchev–Trinajstić information content (AvgIpc) is 2.50. The van der Waals surface area contributed by atoms with Crippen LogP contribution < -0.4 is 4.74 Å². The minimum absolute atomic E-state index is 0.0838. The van der Waals surface area contributed by atoms with Gasteiger partial charge in [-0.15, -0.1) is 0 Å². The summed E-state index contributed by atoms with van der Waals surface area (Å²) in [6.45, 7) is 5.95. The lowest BCUT2D eigenvalue weighted by Gasteiger charge is -2.15. The molecule has 0 aliphatic carbocycles. The van der Waals surface area contributed by atoms with E-state index in [0.29, 0.717) is 23.3 Å². The number of hydrogen-bond acceptors (Lipinski definition) is 4. The van der Waals surface area contributed by atoms with Crippen molar-refractivity contribution in [2.24, 2.45) is 0 Å². The highest BCUT2D eigenvalue weighted by atomic mass is 16.5. The molecule has 4 nitrogen and oxygen atoms in total. The van der Waals surface area contributed by atoms with Crippen molar-refractivity contribution in [2.45, 2.75) is 33.6 Å². The number of hydrogen-bond donors (Lipinski definition) is 1. The molecule has 0 saturated carbocycles. The number of methoxy groups -OCH3 is 2. The van der Waals surface area contributed by atoms with Gasteiger partial charge in [0.2, 0.25) is 0 Å². The van der Waals surface area contributed by atoms with Crippen molar-refractivity contribution in [1.82, 2.24) is 0 Å². The number of allylic oxidation sites excluding steroid dienone is 3. The van der Waals surface area contributed by atoms with Crippen molar-refractivity contribution in [3.05, 3.63) is 40.5 Å². The molecule has 1 rings (SSSR count). The van der Waals surface area contributed by atoms with Crippen LogP contribution in [0.15, 0.2) is 23.8 Å². The van der Waals surface area contributed by atoms with Gasteiger partial charge in [-0.1, -0.05) is 30.7 Å². The number of benzene rings is 1. The summed E-state index contributed by atoms with van der Waals surface area (Å²) in [5, 5.41) is 10.6. The van der Waals surface area contributed by atoms with E-state index in [1.54, 1.807) is 19.3 Å². The zero-order chi connectivity index (χ0) is 16.7. The molecule has 0 atom stereocenters.